The van der Waals surface area contributed by atoms with Crippen molar-refractivity contribution in [3.05, 3.63) is 21.9 Å². The highest BCUT2D eigenvalue weighted by atomic mass is 32.1. The molecule has 0 aromatic carbocycles. The van der Waals surface area contributed by atoms with Crippen LogP contribution in [-0.2, 0) is 11.2 Å². The lowest BCUT2D eigenvalue weighted by Gasteiger charge is -2.27. The van der Waals surface area contributed by atoms with Gasteiger partial charge in [-0.25, -0.2) is 0 Å². The SMILES string of the molecule is CCc1ccsc1C(N)C1CCCOC1. The minimum Gasteiger partial charge on any atom is -0.381 e. The van der Waals surface area contributed by atoms with Crippen LogP contribution in [0.1, 0.15) is 36.2 Å². The van der Waals surface area contributed by atoms with E-state index in [0.29, 0.717) is 5.92 Å². The number of hydrogen-bond donors (Lipinski definition) is 1. The van der Waals surface area contributed by atoms with Crippen LogP contribution in [0, 0.1) is 5.92 Å². The molecule has 1 saturated heterocycles. The first kappa shape index (κ1) is 11.1. The van der Waals surface area contributed by atoms with Gasteiger partial charge >= 0.3 is 0 Å². The zero-order valence-electron chi connectivity index (χ0n) is 9.24. The molecule has 0 saturated carbocycles. The van der Waals surface area contributed by atoms with Crippen molar-refractivity contribution in [2.45, 2.75) is 32.2 Å². The maximum atomic E-state index is 6.32. The average Bonchev–Trinajstić information content (AvgIpc) is 2.77. The van der Waals surface area contributed by atoms with Crippen LogP contribution < -0.4 is 5.73 Å². The van der Waals surface area contributed by atoms with Crippen molar-refractivity contribution in [1.29, 1.82) is 0 Å². The van der Waals surface area contributed by atoms with Gasteiger partial charge in [0.05, 0.1) is 6.61 Å². The van der Waals surface area contributed by atoms with E-state index in [-0.39, 0.29) is 6.04 Å². The second-order valence-electron chi connectivity index (χ2n) is 4.17. The topological polar surface area (TPSA) is 35.2 Å². The average molecular weight is 225 g/mol. The van der Waals surface area contributed by atoms with Gasteiger partial charge in [-0.1, -0.05) is 6.92 Å². The summed E-state index contributed by atoms with van der Waals surface area (Å²) in [6.07, 6.45) is 3.45. The Labute approximate surface area is 95.4 Å². The van der Waals surface area contributed by atoms with E-state index in [0.717, 1.165) is 26.1 Å². The quantitative estimate of drug-likeness (QED) is 0.858. The standard InChI is InChI=1S/C12H19NOS/c1-2-9-5-7-15-12(9)11(13)10-4-3-6-14-8-10/h5,7,10-11H,2-4,6,8,13H2,1H3. The summed E-state index contributed by atoms with van der Waals surface area (Å²) >= 11 is 1.80. The summed E-state index contributed by atoms with van der Waals surface area (Å²) in [5, 5.41) is 2.15. The van der Waals surface area contributed by atoms with E-state index in [1.54, 1.807) is 11.3 Å². The first-order chi connectivity index (χ1) is 7.33. The third-order valence-electron chi connectivity index (χ3n) is 3.17. The lowest BCUT2D eigenvalue weighted by atomic mass is 9.91. The van der Waals surface area contributed by atoms with Crippen LogP contribution in [0.4, 0.5) is 0 Å². The van der Waals surface area contributed by atoms with E-state index in [4.69, 9.17) is 10.5 Å². The highest BCUT2D eigenvalue weighted by molar-refractivity contribution is 7.10. The van der Waals surface area contributed by atoms with Crippen molar-refractivity contribution in [2.24, 2.45) is 11.7 Å². The number of rotatable bonds is 3. The fourth-order valence-electron chi connectivity index (χ4n) is 2.19. The Bertz CT molecular complexity index is 304. The molecule has 0 spiro atoms. The van der Waals surface area contributed by atoms with Gasteiger partial charge in [-0.05, 0) is 36.3 Å². The summed E-state index contributed by atoms with van der Waals surface area (Å²) in [5.74, 6) is 0.516. The normalized spacial score (nSPS) is 24.0. The molecule has 0 aliphatic carbocycles. The zero-order valence-corrected chi connectivity index (χ0v) is 10.1. The van der Waals surface area contributed by atoms with Gasteiger partial charge in [-0.15, -0.1) is 11.3 Å². The van der Waals surface area contributed by atoms with Crippen LogP contribution in [0.2, 0.25) is 0 Å². The molecule has 0 bridgehead atoms. The summed E-state index contributed by atoms with van der Waals surface area (Å²) in [7, 11) is 0. The van der Waals surface area contributed by atoms with Gasteiger partial charge in [-0.2, -0.15) is 0 Å². The first-order valence-electron chi connectivity index (χ1n) is 5.72. The zero-order chi connectivity index (χ0) is 10.7. The summed E-state index contributed by atoms with van der Waals surface area (Å²) in [5.41, 5.74) is 7.74. The van der Waals surface area contributed by atoms with Crippen LogP contribution in [0.15, 0.2) is 11.4 Å². The Balaban J connectivity index is 2.08. The Kier molecular flexibility index (Phi) is 3.78. The van der Waals surface area contributed by atoms with E-state index in [1.165, 1.54) is 16.9 Å². The molecule has 3 heteroatoms. The van der Waals surface area contributed by atoms with Gasteiger partial charge in [0, 0.05) is 23.4 Å². The summed E-state index contributed by atoms with van der Waals surface area (Å²) in [6.45, 7) is 3.94. The molecule has 15 heavy (non-hydrogen) atoms. The van der Waals surface area contributed by atoms with E-state index in [9.17, 15) is 0 Å². The van der Waals surface area contributed by atoms with Crippen LogP contribution in [0.5, 0.6) is 0 Å². The Hall–Kier alpha value is -0.380. The Morgan fingerprint density at radius 1 is 1.67 bits per heavy atom. The van der Waals surface area contributed by atoms with E-state index < -0.39 is 0 Å². The molecule has 2 rings (SSSR count). The molecule has 1 fully saturated rings. The Morgan fingerprint density at radius 3 is 3.20 bits per heavy atom. The minimum atomic E-state index is 0.181. The highest BCUT2D eigenvalue weighted by Gasteiger charge is 2.24. The molecule has 0 amide bonds. The van der Waals surface area contributed by atoms with E-state index >= 15 is 0 Å². The van der Waals surface area contributed by atoms with E-state index in [2.05, 4.69) is 18.4 Å². The molecule has 2 heterocycles. The van der Waals surface area contributed by atoms with Crippen LogP contribution in [0.25, 0.3) is 0 Å². The second-order valence-corrected chi connectivity index (χ2v) is 5.11. The smallest absolute Gasteiger partial charge is 0.0512 e. The molecule has 2 atom stereocenters. The lowest BCUT2D eigenvalue weighted by Crippen LogP contribution is -2.29. The number of hydrogen-bond acceptors (Lipinski definition) is 3. The molecule has 1 aliphatic heterocycles. The summed E-state index contributed by atoms with van der Waals surface area (Å²) in [4.78, 5) is 1.37. The number of ether oxygens (including phenoxy) is 1. The second kappa shape index (κ2) is 5.10. The van der Waals surface area contributed by atoms with Gasteiger partial charge in [0.1, 0.15) is 0 Å². The van der Waals surface area contributed by atoms with Gasteiger partial charge in [-0.3, -0.25) is 0 Å². The molecule has 2 unspecified atom stereocenters. The van der Waals surface area contributed by atoms with Crippen molar-refractivity contribution in [1.82, 2.24) is 0 Å². The van der Waals surface area contributed by atoms with E-state index in [1.807, 2.05) is 0 Å². The van der Waals surface area contributed by atoms with Crippen molar-refractivity contribution in [3.8, 4) is 0 Å². The van der Waals surface area contributed by atoms with Crippen molar-refractivity contribution >= 4 is 11.3 Å². The molecule has 84 valence electrons. The fourth-order valence-corrected chi connectivity index (χ4v) is 3.29. The van der Waals surface area contributed by atoms with Gasteiger partial charge in [0.25, 0.3) is 0 Å². The molecule has 1 aromatic rings. The number of nitrogens with two attached hydrogens (primary N) is 1. The predicted molar refractivity (Wildman–Crippen MR) is 64.2 cm³/mol. The molecular weight excluding hydrogens is 206 g/mol. The molecule has 2 N–H and O–H groups in total. The van der Waals surface area contributed by atoms with Crippen LogP contribution >= 0.6 is 11.3 Å². The molecule has 2 nitrogen and oxygen atoms in total. The van der Waals surface area contributed by atoms with Crippen molar-refractivity contribution in [2.75, 3.05) is 13.2 Å². The number of aryl methyl sites for hydroxylation is 1. The maximum absolute atomic E-state index is 6.32. The molecule has 1 aromatic heterocycles. The van der Waals surface area contributed by atoms with Crippen LogP contribution in [0.3, 0.4) is 0 Å². The fraction of sp³-hybridized carbons (Fsp3) is 0.667. The lowest BCUT2D eigenvalue weighted by molar-refractivity contribution is 0.0451. The molecular formula is C12H19NOS. The third-order valence-corrected chi connectivity index (χ3v) is 4.23. The molecule has 0 radical (unpaired) electrons. The van der Waals surface area contributed by atoms with Crippen molar-refractivity contribution < 1.29 is 4.74 Å². The van der Waals surface area contributed by atoms with Gasteiger partial charge in [0.2, 0.25) is 0 Å². The van der Waals surface area contributed by atoms with Gasteiger partial charge in [0.15, 0.2) is 0 Å². The summed E-state index contributed by atoms with van der Waals surface area (Å²) < 4.78 is 5.50. The summed E-state index contributed by atoms with van der Waals surface area (Å²) in [6, 6.07) is 2.38. The number of thiophene rings is 1. The van der Waals surface area contributed by atoms with Gasteiger partial charge < -0.3 is 10.5 Å². The molecule has 1 aliphatic rings. The Morgan fingerprint density at radius 2 is 2.53 bits per heavy atom. The van der Waals surface area contributed by atoms with Crippen molar-refractivity contribution in [3.63, 3.8) is 0 Å². The maximum Gasteiger partial charge on any atom is 0.0512 e. The monoisotopic (exact) mass is 225 g/mol. The third kappa shape index (κ3) is 2.41. The minimum absolute atomic E-state index is 0.181. The predicted octanol–water partition coefficient (Wildman–Crippen LogP) is 2.74. The largest absolute Gasteiger partial charge is 0.381 e. The van der Waals surface area contributed by atoms with Crippen LogP contribution in [-0.4, -0.2) is 13.2 Å². The highest BCUT2D eigenvalue weighted by Crippen LogP contribution is 2.32. The first-order valence-corrected chi connectivity index (χ1v) is 6.60.